The number of aliphatic carboxylic acids is 1. The van der Waals surface area contributed by atoms with Gasteiger partial charge in [0, 0.05) is 36.4 Å². The second-order valence-electron chi connectivity index (χ2n) is 7.50. The molecule has 4 aromatic rings. The molecule has 1 unspecified atom stereocenters. The number of benzene rings is 2. The van der Waals surface area contributed by atoms with Crippen LogP contribution >= 0.6 is 0 Å². The minimum atomic E-state index is -0.986. The van der Waals surface area contributed by atoms with Gasteiger partial charge in [-0.1, -0.05) is 6.07 Å². The molecular formula is C24H22F2N2O4. The molecule has 32 heavy (non-hydrogen) atoms. The van der Waals surface area contributed by atoms with Crippen LogP contribution in [0, 0.1) is 18.6 Å². The summed E-state index contributed by atoms with van der Waals surface area (Å²) in [5.41, 5.74) is 2.69. The first-order valence-electron chi connectivity index (χ1n) is 10.2. The number of aryl methyl sites for hydroxylation is 1. The third-order valence-corrected chi connectivity index (χ3v) is 5.22. The number of hydrogen-bond donors (Lipinski definition) is 1. The topological polar surface area (TPSA) is 77.5 Å². The van der Waals surface area contributed by atoms with Crippen molar-refractivity contribution >= 4 is 16.9 Å². The number of rotatable bonds is 8. The molecule has 0 aliphatic rings. The minimum Gasteiger partial charge on any atom is -0.479 e. The zero-order valence-electron chi connectivity index (χ0n) is 17.6. The Kier molecular flexibility index (Phi) is 6.05. The number of hydrogen-bond acceptors (Lipinski definition) is 4. The summed E-state index contributed by atoms with van der Waals surface area (Å²) in [6.45, 7) is 4.26. The van der Waals surface area contributed by atoms with Crippen LogP contribution in [-0.2, 0) is 22.5 Å². The molecule has 2 aromatic carbocycles. The average molecular weight is 440 g/mol. The molecule has 4 rings (SSSR count). The molecule has 0 saturated carbocycles. The molecule has 0 amide bonds. The number of fused-ring (bicyclic) bond motifs is 1. The molecule has 0 bridgehead atoms. The Morgan fingerprint density at radius 3 is 2.62 bits per heavy atom. The van der Waals surface area contributed by atoms with E-state index in [2.05, 4.69) is 4.98 Å². The molecule has 0 aliphatic carbocycles. The lowest BCUT2D eigenvalue weighted by atomic mass is 10.1. The summed E-state index contributed by atoms with van der Waals surface area (Å²) in [6.07, 6.45) is 1.30. The third kappa shape index (κ3) is 4.55. The summed E-state index contributed by atoms with van der Waals surface area (Å²) in [4.78, 5) is 15.8. The summed E-state index contributed by atoms with van der Waals surface area (Å²) in [5, 5.41) is 10.3. The van der Waals surface area contributed by atoms with Gasteiger partial charge >= 0.3 is 5.97 Å². The highest BCUT2D eigenvalue weighted by molar-refractivity contribution is 5.81. The molecule has 0 saturated heterocycles. The van der Waals surface area contributed by atoms with Crippen molar-refractivity contribution in [1.29, 1.82) is 0 Å². The van der Waals surface area contributed by atoms with Crippen molar-refractivity contribution in [2.75, 3.05) is 6.61 Å². The van der Waals surface area contributed by atoms with Crippen molar-refractivity contribution < 1.29 is 27.8 Å². The van der Waals surface area contributed by atoms with Crippen molar-refractivity contribution in [3.8, 4) is 11.5 Å². The van der Waals surface area contributed by atoms with Gasteiger partial charge in [0.2, 0.25) is 5.89 Å². The number of carbonyl (C=O) groups is 1. The zero-order chi connectivity index (χ0) is 22.8. The fourth-order valence-corrected chi connectivity index (χ4v) is 3.68. The van der Waals surface area contributed by atoms with Crippen molar-refractivity contribution in [1.82, 2.24) is 9.55 Å². The van der Waals surface area contributed by atoms with Crippen molar-refractivity contribution in [3.63, 3.8) is 0 Å². The van der Waals surface area contributed by atoms with Crippen LogP contribution in [0.25, 0.3) is 22.4 Å². The van der Waals surface area contributed by atoms with Gasteiger partial charge in [0.25, 0.3) is 0 Å². The zero-order valence-corrected chi connectivity index (χ0v) is 17.6. The maximum absolute atomic E-state index is 13.5. The van der Waals surface area contributed by atoms with Gasteiger partial charge in [-0.2, -0.15) is 0 Å². The third-order valence-electron chi connectivity index (χ3n) is 5.22. The summed E-state index contributed by atoms with van der Waals surface area (Å²) in [5.74, 6) is -1.66. The molecule has 0 aliphatic heterocycles. The predicted octanol–water partition coefficient (Wildman–Crippen LogP) is 4.96. The maximum atomic E-state index is 13.5. The number of carboxylic acid groups (broad SMARTS) is 1. The molecular weight excluding hydrogens is 418 g/mol. The maximum Gasteiger partial charge on any atom is 0.333 e. The lowest BCUT2D eigenvalue weighted by molar-refractivity contribution is -0.149. The van der Waals surface area contributed by atoms with Gasteiger partial charge in [-0.05, 0) is 55.1 Å². The standard InChI is InChI=1S/C24H22F2N2O4/c1-3-31-22(24(29)30)9-15-4-5-21-16(8-15)6-7-28(21)13-20-14(2)32-23(27-20)17-10-18(25)12-19(26)11-17/h4-8,10-12,22H,3,9,13H2,1-2H3,(H,29,30). The number of nitrogens with zero attached hydrogens (tertiary/aromatic N) is 2. The molecule has 2 aromatic heterocycles. The van der Waals surface area contributed by atoms with Crippen LogP contribution in [0.1, 0.15) is 23.9 Å². The molecule has 0 fully saturated rings. The summed E-state index contributed by atoms with van der Waals surface area (Å²) in [7, 11) is 0. The minimum absolute atomic E-state index is 0.158. The van der Waals surface area contributed by atoms with E-state index in [1.165, 1.54) is 12.1 Å². The molecule has 8 heteroatoms. The van der Waals surface area contributed by atoms with E-state index >= 15 is 0 Å². The van der Waals surface area contributed by atoms with Gasteiger partial charge in [-0.3, -0.25) is 0 Å². The average Bonchev–Trinajstić information content (AvgIpc) is 3.30. The molecule has 6 nitrogen and oxygen atoms in total. The number of carboxylic acids is 1. The van der Waals surface area contributed by atoms with E-state index < -0.39 is 23.7 Å². The highest BCUT2D eigenvalue weighted by Crippen LogP contribution is 2.26. The Hall–Kier alpha value is -3.52. The highest BCUT2D eigenvalue weighted by atomic mass is 19.1. The summed E-state index contributed by atoms with van der Waals surface area (Å²) < 4.78 is 40.0. The second-order valence-corrected chi connectivity index (χ2v) is 7.50. The molecule has 1 N–H and O–H groups in total. The number of oxazole rings is 1. The van der Waals surface area contributed by atoms with E-state index in [0.29, 0.717) is 24.6 Å². The van der Waals surface area contributed by atoms with Gasteiger partial charge < -0.3 is 18.8 Å². The smallest absolute Gasteiger partial charge is 0.333 e. The van der Waals surface area contributed by atoms with Crippen LogP contribution in [0.4, 0.5) is 8.78 Å². The van der Waals surface area contributed by atoms with E-state index in [9.17, 15) is 18.7 Å². The Morgan fingerprint density at radius 1 is 1.19 bits per heavy atom. The van der Waals surface area contributed by atoms with E-state index in [-0.39, 0.29) is 17.9 Å². The monoisotopic (exact) mass is 440 g/mol. The van der Waals surface area contributed by atoms with Gasteiger partial charge in [-0.25, -0.2) is 18.6 Å². The molecule has 1 atom stereocenters. The first-order valence-corrected chi connectivity index (χ1v) is 10.2. The van der Waals surface area contributed by atoms with Crippen LogP contribution in [0.2, 0.25) is 0 Å². The van der Waals surface area contributed by atoms with Gasteiger partial charge in [0.05, 0.1) is 6.54 Å². The Labute approximate surface area is 183 Å². The first-order chi connectivity index (χ1) is 15.3. The van der Waals surface area contributed by atoms with Gasteiger partial charge in [-0.15, -0.1) is 0 Å². The lowest BCUT2D eigenvalue weighted by Gasteiger charge is -2.12. The van der Waals surface area contributed by atoms with Crippen molar-refractivity contribution in [2.45, 2.75) is 32.9 Å². The fourth-order valence-electron chi connectivity index (χ4n) is 3.68. The van der Waals surface area contributed by atoms with Crippen LogP contribution in [0.3, 0.4) is 0 Å². The summed E-state index contributed by atoms with van der Waals surface area (Å²) in [6, 6.07) is 10.8. The Bertz CT molecular complexity index is 1260. The molecule has 0 radical (unpaired) electrons. The van der Waals surface area contributed by atoms with E-state index in [1.54, 1.807) is 13.8 Å². The van der Waals surface area contributed by atoms with Crippen molar-refractivity contribution in [2.24, 2.45) is 0 Å². The molecule has 2 heterocycles. The van der Waals surface area contributed by atoms with Gasteiger partial charge in [0.1, 0.15) is 23.1 Å². The van der Waals surface area contributed by atoms with Gasteiger partial charge in [0.15, 0.2) is 6.10 Å². The first kappa shape index (κ1) is 21.7. The number of aromatic nitrogens is 2. The number of ether oxygens (including phenoxy) is 1. The quantitative estimate of drug-likeness (QED) is 0.419. The SMILES string of the molecule is CCOC(Cc1ccc2c(ccn2Cc2nc(-c3cc(F)cc(F)c3)oc2C)c1)C(=O)O. The van der Waals surface area contributed by atoms with Crippen LogP contribution < -0.4 is 0 Å². The summed E-state index contributed by atoms with van der Waals surface area (Å²) >= 11 is 0. The van der Waals surface area contributed by atoms with E-state index in [4.69, 9.17) is 9.15 Å². The van der Waals surface area contributed by atoms with Crippen molar-refractivity contribution in [3.05, 3.63) is 77.3 Å². The van der Waals surface area contributed by atoms with Crippen LogP contribution in [0.15, 0.2) is 53.1 Å². The second kappa shape index (κ2) is 8.92. The Balaban J connectivity index is 1.57. The van der Waals surface area contributed by atoms with E-state index in [1.807, 2.05) is 35.0 Å². The van der Waals surface area contributed by atoms with Crippen LogP contribution in [0.5, 0.6) is 0 Å². The predicted molar refractivity (Wildman–Crippen MR) is 114 cm³/mol. The largest absolute Gasteiger partial charge is 0.479 e. The van der Waals surface area contributed by atoms with E-state index in [0.717, 1.165) is 22.5 Å². The lowest BCUT2D eigenvalue weighted by Crippen LogP contribution is -2.26. The normalized spacial score (nSPS) is 12.4. The molecule has 0 spiro atoms. The Morgan fingerprint density at radius 2 is 1.94 bits per heavy atom. The fraction of sp³-hybridized carbons (Fsp3) is 0.250. The molecule has 166 valence electrons. The number of halogens is 2. The van der Waals surface area contributed by atoms with Crippen LogP contribution in [-0.4, -0.2) is 33.3 Å². The highest BCUT2D eigenvalue weighted by Gasteiger charge is 2.19.